The number of esters is 2. The Kier molecular flexibility index (Phi) is 11.4. The minimum absolute atomic E-state index is 0.0200. The molecule has 0 fully saturated rings. The Morgan fingerprint density at radius 3 is 1.59 bits per heavy atom. The number of hydrogen-bond donors (Lipinski definition) is 4. The van der Waals surface area contributed by atoms with Gasteiger partial charge in [0.05, 0.1) is 11.1 Å². The van der Waals surface area contributed by atoms with Gasteiger partial charge in [0, 0.05) is 25.0 Å². The van der Waals surface area contributed by atoms with Gasteiger partial charge in [0.25, 0.3) is 0 Å². The maximum Gasteiger partial charge on any atom is 0.345 e. The van der Waals surface area contributed by atoms with E-state index in [1.54, 1.807) is 0 Å². The highest BCUT2D eigenvalue weighted by Crippen LogP contribution is 2.08. The van der Waals surface area contributed by atoms with Gasteiger partial charge in [-0.2, -0.15) is 0 Å². The fourth-order valence-corrected chi connectivity index (χ4v) is 1.65. The van der Waals surface area contributed by atoms with Crippen LogP contribution in [0.4, 0.5) is 0 Å². The summed E-state index contributed by atoms with van der Waals surface area (Å²) >= 11 is 0. The Bertz CT molecular complexity index is 775. The fourth-order valence-electron chi connectivity index (χ4n) is 1.65. The molecule has 1 rings (SSSR count). The molecule has 0 aliphatic heterocycles. The average Bonchev–Trinajstić information content (AvgIpc) is 2.64. The van der Waals surface area contributed by atoms with Gasteiger partial charge in [0.1, 0.15) is 0 Å². The van der Waals surface area contributed by atoms with Crippen molar-refractivity contribution in [3.8, 4) is 0 Å². The van der Waals surface area contributed by atoms with Crippen molar-refractivity contribution in [2.75, 3.05) is 0 Å². The minimum Gasteiger partial charge on any atom is -0.481 e. The summed E-state index contributed by atoms with van der Waals surface area (Å²) in [6.45, 7) is 0. The Morgan fingerprint density at radius 1 is 0.724 bits per heavy atom. The SMILES string of the molecule is O=C(O)/C=C\C(=O)O.O=C(O)CCCCC(=O)OC(=O)c1ccc(C(=O)O)cc1. The number of aromatic carboxylic acids is 1. The normalized spacial score (nSPS) is 9.79. The predicted octanol–water partition coefficient (Wildman–Crippen LogP) is 1.42. The number of ether oxygens (including phenoxy) is 1. The summed E-state index contributed by atoms with van der Waals surface area (Å²) in [5, 5.41) is 32.8. The van der Waals surface area contributed by atoms with Crippen LogP contribution < -0.4 is 0 Å². The molecule has 0 atom stereocenters. The van der Waals surface area contributed by atoms with Gasteiger partial charge < -0.3 is 25.2 Å². The van der Waals surface area contributed by atoms with E-state index in [0.717, 1.165) is 0 Å². The molecule has 11 heteroatoms. The molecule has 0 spiro atoms. The lowest BCUT2D eigenvalue weighted by atomic mass is 10.1. The quantitative estimate of drug-likeness (QED) is 0.199. The second-order valence-corrected chi connectivity index (χ2v) is 5.25. The van der Waals surface area contributed by atoms with Crippen LogP contribution in [0.2, 0.25) is 0 Å². The van der Waals surface area contributed by atoms with Gasteiger partial charge >= 0.3 is 35.8 Å². The molecular formula is C18H18O11. The summed E-state index contributed by atoms with van der Waals surface area (Å²) < 4.78 is 4.57. The molecule has 0 heterocycles. The molecule has 4 N–H and O–H groups in total. The lowest BCUT2D eigenvalue weighted by Gasteiger charge is -2.03. The highest BCUT2D eigenvalue weighted by molar-refractivity contribution is 5.97. The molecule has 0 aliphatic rings. The second-order valence-electron chi connectivity index (χ2n) is 5.25. The standard InChI is InChI=1S/C14H14O7.C4H4O4/c15-11(16)3-1-2-4-12(17)21-14(20)10-7-5-9(6-8-10)13(18)19;5-3(6)1-2-4(7)8/h5-8H,1-4H2,(H,15,16)(H,18,19);1-2H,(H,5,6)(H,7,8)/b;2-1-. The lowest BCUT2D eigenvalue weighted by molar-refractivity contribution is -0.139. The van der Waals surface area contributed by atoms with Gasteiger partial charge in [0.2, 0.25) is 0 Å². The third kappa shape index (κ3) is 12.9. The number of carbonyl (C=O) groups is 6. The number of rotatable bonds is 9. The first-order valence-corrected chi connectivity index (χ1v) is 7.97. The van der Waals surface area contributed by atoms with Crippen LogP contribution in [0.25, 0.3) is 0 Å². The molecule has 0 unspecified atom stereocenters. The Balaban J connectivity index is 0.000000828. The van der Waals surface area contributed by atoms with Gasteiger partial charge in [-0.1, -0.05) is 0 Å². The Morgan fingerprint density at radius 2 is 1.17 bits per heavy atom. The van der Waals surface area contributed by atoms with Crippen molar-refractivity contribution in [1.29, 1.82) is 0 Å². The van der Waals surface area contributed by atoms with Crippen molar-refractivity contribution in [2.45, 2.75) is 25.7 Å². The molecule has 29 heavy (non-hydrogen) atoms. The molecule has 1 aromatic carbocycles. The molecule has 0 bridgehead atoms. The summed E-state index contributed by atoms with van der Waals surface area (Å²) in [6, 6.07) is 4.97. The Labute approximate surface area is 163 Å². The molecule has 1 aromatic rings. The van der Waals surface area contributed by atoms with E-state index in [-0.39, 0.29) is 24.0 Å². The van der Waals surface area contributed by atoms with E-state index < -0.39 is 35.8 Å². The van der Waals surface area contributed by atoms with Crippen molar-refractivity contribution < 1.29 is 53.9 Å². The fraction of sp³-hybridized carbons (Fsp3) is 0.222. The van der Waals surface area contributed by atoms with Gasteiger partial charge in [-0.15, -0.1) is 0 Å². The summed E-state index contributed by atoms with van der Waals surface area (Å²) in [4.78, 5) is 63.0. The van der Waals surface area contributed by atoms with Crippen LogP contribution in [0.3, 0.4) is 0 Å². The number of hydrogen-bond acceptors (Lipinski definition) is 7. The van der Waals surface area contributed by atoms with Crippen molar-refractivity contribution >= 4 is 35.8 Å². The van der Waals surface area contributed by atoms with Crippen molar-refractivity contribution in [3.63, 3.8) is 0 Å². The molecule has 0 saturated heterocycles. The van der Waals surface area contributed by atoms with E-state index in [4.69, 9.17) is 20.4 Å². The highest BCUT2D eigenvalue weighted by Gasteiger charge is 2.13. The molecule has 0 aromatic heterocycles. The maximum atomic E-state index is 11.6. The number of aliphatic carboxylic acids is 3. The zero-order chi connectivity index (χ0) is 22.4. The molecule has 0 amide bonds. The zero-order valence-corrected chi connectivity index (χ0v) is 14.9. The minimum atomic E-state index is -1.26. The van der Waals surface area contributed by atoms with E-state index >= 15 is 0 Å². The number of carbonyl (C=O) groups excluding carboxylic acids is 2. The van der Waals surface area contributed by atoms with E-state index in [9.17, 15) is 28.8 Å². The molecule has 0 aliphatic carbocycles. The second kappa shape index (κ2) is 13.2. The van der Waals surface area contributed by atoms with Crippen LogP contribution in [0.15, 0.2) is 36.4 Å². The smallest absolute Gasteiger partial charge is 0.345 e. The van der Waals surface area contributed by atoms with Crippen LogP contribution in [-0.2, 0) is 23.9 Å². The molecular weight excluding hydrogens is 392 g/mol. The number of unbranched alkanes of at least 4 members (excludes halogenated alkanes) is 1. The summed E-state index contributed by atoms with van der Waals surface area (Å²) in [5.41, 5.74) is 0.0884. The lowest BCUT2D eigenvalue weighted by Crippen LogP contribution is -2.12. The maximum absolute atomic E-state index is 11.6. The molecule has 156 valence electrons. The van der Waals surface area contributed by atoms with Crippen LogP contribution in [0, 0.1) is 0 Å². The summed E-state index contributed by atoms with van der Waals surface area (Å²) in [6.07, 6.45) is 1.66. The van der Waals surface area contributed by atoms with Crippen LogP contribution >= 0.6 is 0 Å². The molecule has 0 saturated carbocycles. The van der Waals surface area contributed by atoms with Gasteiger partial charge in [-0.05, 0) is 37.1 Å². The number of carboxylic acids is 4. The average molecular weight is 410 g/mol. The monoisotopic (exact) mass is 410 g/mol. The van der Waals surface area contributed by atoms with Gasteiger partial charge in [-0.25, -0.2) is 19.2 Å². The van der Waals surface area contributed by atoms with Gasteiger partial charge in [0.15, 0.2) is 0 Å². The largest absolute Gasteiger partial charge is 0.481 e. The van der Waals surface area contributed by atoms with E-state index in [1.165, 1.54) is 24.3 Å². The van der Waals surface area contributed by atoms with E-state index in [1.807, 2.05) is 0 Å². The van der Waals surface area contributed by atoms with Crippen LogP contribution in [0.1, 0.15) is 46.4 Å². The third-order valence-corrected chi connectivity index (χ3v) is 2.96. The molecule has 0 radical (unpaired) electrons. The van der Waals surface area contributed by atoms with Gasteiger partial charge in [-0.3, -0.25) is 9.59 Å². The van der Waals surface area contributed by atoms with Crippen molar-refractivity contribution in [2.24, 2.45) is 0 Å². The number of benzene rings is 1. The molecule has 11 nitrogen and oxygen atoms in total. The predicted molar refractivity (Wildman–Crippen MR) is 94.3 cm³/mol. The first-order valence-electron chi connectivity index (χ1n) is 7.97. The van der Waals surface area contributed by atoms with Crippen molar-refractivity contribution in [3.05, 3.63) is 47.5 Å². The van der Waals surface area contributed by atoms with E-state index in [2.05, 4.69) is 4.74 Å². The first-order chi connectivity index (χ1) is 13.5. The Hall–Kier alpha value is -4.02. The third-order valence-electron chi connectivity index (χ3n) is 2.96. The highest BCUT2D eigenvalue weighted by atomic mass is 16.6. The van der Waals surface area contributed by atoms with Crippen molar-refractivity contribution in [1.82, 2.24) is 0 Å². The van der Waals surface area contributed by atoms with Crippen LogP contribution in [-0.4, -0.2) is 56.2 Å². The summed E-state index contributed by atoms with van der Waals surface area (Å²) in [5.74, 6) is -6.19. The zero-order valence-electron chi connectivity index (χ0n) is 14.9. The number of carboxylic acid groups (broad SMARTS) is 4. The summed E-state index contributed by atoms with van der Waals surface area (Å²) in [7, 11) is 0. The van der Waals surface area contributed by atoms with E-state index in [0.29, 0.717) is 25.0 Å². The van der Waals surface area contributed by atoms with Crippen LogP contribution in [0.5, 0.6) is 0 Å². The first kappa shape index (κ1) is 25.0. The topological polar surface area (TPSA) is 193 Å².